The van der Waals surface area contributed by atoms with Gasteiger partial charge in [-0.05, 0) is 38.1 Å². The summed E-state index contributed by atoms with van der Waals surface area (Å²) in [6, 6.07) is 4.03. The molecule has 168 valence electrons. The summed E-state index contributed by atoms with van der Waals surface area (Å²) in [4.78, 5) is 35.3. The molecule has 2 amide bonds. The molecule has 1 atom stereocenters. The maximum Gasteiger partial charge on any atom is 0.416 e. The van der Waals surface area contributed by atoms with Gasteiger partial charge in [-0.3, -0.25) is 14.3 Å². The standard InChI is InChI=1S/C20H17F3N6O2.H2S/c1-11-10-28(15-5-3-13(4-6-15)20(21,22)23)19(31)17-16(9-26-29(11)17)18(30)27-14-7-24-12(2)25-8-14;/h3-9,11H,10H2,1-2H3,(H,27,30);1H2/t11-;/m0./s1. The van der Waals surface area contributed by atoms with E-state index in [2.05, 4.69) is 20.4 Å². The number of carbonyl (C=O) groups is 2. The number of benzene rings is 1. The van der Waals surface area contributed by atoms with E-state index in [-0.39, 0.29) is 37.3 Å². The van der Waals surface area contributed by atoms with Crippen molar-refractivity contribution in [2.45, 2.75) is 26.1 Å². The van der Waals surface area contributed by atoms with Gasteiger partial charge in [0.05, 0.1) is 41.4 Å². The minimum Gasteiger partial charge on any atom is -0.319 e. The Labute approximate surface area is 187 Å². The molecule has 0 saturated carbocycles. The number of alkyl halides is 3. The van der Waals surface area contributed by atoms with Crippen molar-refractivity contribution in [1.29, 1.82) is 0 Å². The molecule has 1 N–H and O–H groups in total. The zero-order valence-electron chi connectivity index (χ0n) is 17.0. The van der Waals surface area contributed by atoms with Crippen LogP contribution in [0.1, 0.15) is 45.2 Å². The number of nitrogens with one attached hydrogen (secondary N) is 1. The van der Waals surface area contributed by atoms with E-state index in [0.29, 0.717) is 17.2 Å². The number of anilines is 2. The molecule has 0 saturated heterocycles. The van der Waals surface area contributed by atoms with Gasteiger partial charge in [0.25, 0.3) is 11.8 Å². The van der Waals surface area contributed by atoms with Crippen molar-refractivity contribution >= 4 is 36.7 Å². The number of hydrogen-bond donors (Lipinski definition) is 1. The van der Waals surface area contributed by atoms with Crippen molar-refractivity contribution < 1.29 is 22.8 Å². The van der Waals surface area contributed by atoms with E-state index in [1.165, 1.54) is 40.3 Å². The van der Waals surface area contributed by atoms with Crippen molar-refractivity contribution in [3.8, 4) is 0 Å². The first-order valence-corrected chi connectivity index (χ1v) is 9.32. The molecule has 2 aromatic heterocycles. The topological polar surface area (TPSA) is 93.0 Å². The minimum absolute atomic E-state index is 0. The van der Waals surface area contributed by atoms with Crippen LogP contribution >= 0.6 is 13.5 Å². The summed E-state index contributed by atoms with van der Waals surface area (Å²) in [6.07, 6.45) is -0.296. The van der Waals surface area contributed by atoms with Gasteiger partial charge >= 0.3 is 6.18 Å². The fourth-order valence-electron chi connectivity index (χ4n) is 3.34. The molecule has 12 heteroatoms. The maximum atomic E-state index is 13.2. The van der Waals surface area contributed by atoms with Gasteiger partial charge in [0.15, 0.2) is 0 Å². The second-order valence-electron chi connectivity index (χ2n) is 7.13. The largest absolute Gasteiger partial charge is 0.416 e. The third-order valence-electron chi connectivity index (χ3n) is 4.90. The molecule has 32 heavy (non-hydrogen) atoms. The van der Waals surface area contributed by atoms with Gasteiger partial charge < -0.3 is 10.2 Å². The summed E-state index contributed by atoms with van der Waals surface area (Å²) >= 11 is 0. The van der Waals surface area contributed by atoms with E-state index >= 15 is 0 Å². The van der Waals surface area contributed by atoms with Gasteiger partial charge in [0.2, 0.25) is 0 Å². The molecule has 3 heterocycles. The van der Waals surface area contributed by atoms with E-state index in [1.54, 1.807) is 13.8 Å². The first-order valence-electron chi connectivity index (χ1n) is 9.32. The molecule has 0 unspecified atom stereocenters. The third kappa shape index (κ3) is 4.31. The molecule has 0 bridgehead atoms. The Bertz CT molecular complexity index is 1150. The second-order valence-corrected chi connectivity index (χ2v) is 7.13. The number of aryl methyl sites for hydroxylation is 1. The lowest BCUT2D eigenvalue weighted by Crippen LogP contribution is -2.43. The Morgan fingerprint density at radius 3 is 2.34 bits per heavy atom. The second kappa shape index (κ2) is 8.61. The number of carbonyl (C=O) groups excluding carboxylic acids is 2. The zero-order chi connectivity index (χ0) is 22.3. The first-order chi connectivity index (χ1) is 14.6. The SMILES string of the molecule is Cc1ncc(NC(=O)c2cnn3c2C(=O)N(c2ccc(C(F)(F)F)cc2)C[C@@H]3C)cn1.S. The number of hydrogen-bond acceptors (Lipinski definition) is 5. The molecular weight excluding hydrogens is 445 g/mol. The van der Waals surface area contributed by atoms with Crippen LogP contribution in [-0.4, -0.2) is 38.1 Å². The van der Waals surface area contributed by atoms with Gasteiger partial charge in [-0.2, -0.15) is 31.8 Å². The van der Waals surface area contributed by atoms with E-state index in [4.69, 9.17) is 0 Å². The van der Waals surface area contributed by atoms with Crippen molar-refractivity contribution in [3.05, 3.63) is 65.5 Å². The van der Waals surface area contributed by atoms with Crippen LogP contribution in [0.2, 0.25) is 0 Å². The molecule has 1 aliphatic rings. The highest BCUT2D eigenvalue weighted by Gasteiger charge is 2.36. The highest BCUT2D eigenvalue weighted by molar-refractivity contribution is 7.59. The molecule has 1 aliphatic heterocycles. The Balaban J connectivity index is 0.00000289. The summed E-state index contributed by atoms with van der Waals surface area (Å²) in [5.74, 6) is -0.554. The van der Waals surface area contributed by atoms with Crippen LogP contribution in [-0.2, 0) is 6.18 Å². The Kier molecular flexibility index (Phi) is 6.26. The molecular formula is C20H19F3N6O2S. The Morgan fingerprint density at radius 2 is 1.75 bits per heavy atom. The highest BCUT2D eigenvalue weighted by Crippen LogP contribution is 2.32. The fourth-order valence-corrected chi connectivity index (χ4v) is 3.34. The predicted octanol–water partition coefficient (Wildman–Crippen LogP) is 3.59. The fraction of sp³-hybridized carbons (Fsp3) is 0.250. The van der Waals surface area contributed by atoms with E-state index in [9.17, 15) is 22.8 Å². The molecule has 8 nitrogen and oxygen atoms in total. The molecule has 0 spiro atoms. The van der Waals surface area contributed by atoms with Gasteiger partial charge in [0.1, 0.15) is 11.5 Å². The van der Waals surface area contributed by atoms with Gasteiger partial charge in [-0.15, -0.1) is 0 Å². The van der Waals surface area contributed by atoms with Crippen molar-refractivity contribution in [2.75, 3.05) is 16.8 Å². The van der Waals surface area contributed by atoms with Gasteiger partial charge in [0, 0.05) is 12.2 Å². The Hall–Kier alpha value is -3.41. The quantitative estimate of drug-likeness (QED) is 0.640. The zero-order valence-corrected chi connectivity index (χ0v) is 18.0. The van der Waals surface area contributed by atoms with E-state index < -0.39 is 23.6 Å². The maximum absolute atomic E-state index is 13.2. The molecule has 0 aliphatic carbocycles. The third-order valence-corrected chi connectivity index (χ3v) is 4.90. The summed E-state index contributed by atoms with van der Waals surface area (Å²) < 4.78 is 40.0. The monoisotopic (exact) mass is 464 g/mol. The van der Waals surface area contributed by atoms with Crippen LogP contribution in [0.25, 0.3) is 0 Å². The van der Waals surface area contributed by atoms with Crippen molar-refractivity contribution in [2.24, 2.45) is 0 Å². The lowest BCUT2D eigenvalue weighted by atomic mass is 10.1. The summed E-state index contributed by atoms with van der Waals surface area (Å²) in [6.45, 7) is 3.71. The highest BCUT2D eigenvalue weighted by atomic mass is 32.1. The lowest BCUT2D eigenvalue weighted by molar-refractivity contribution is -0.137. The number of rotatable bonds is 3. The molecule has 4 rings (SSSR count). The Morgan fingerprint density at radius 1 is 1.12 bits per heavy atom. The molecule has 0 fully saturated rings. The summed E-state index contributed by atoms with van der Waals surface area (Å²) in [5.41, 5.74) is -0.0422. The molecule has 0 radical (unpaired) electrons. The van der Waals surface area contributed by atoms with E-state index in [0.717, 1.165) is 12.1 Å². The number of halogens is 3. The van der Waals surface area contributed by atoms with Gasteiger partial charge in [-0.25, -0.2) is 9.97 Å². The van der Waals surface area contributed by atoms with Crippen LogP contribution in [0.3, 0.4) is 0 Å². The number of aromatic nitrogens is 4. The smallest absolute Gasteiger partial charge is 0.319 e. The lowest BCUT2D eigenvalue weighted by Gasteiger charge is -2.32. The van der Waals surface area contributed by atoms with Crippen LogP contribution in [0.15, 0.2) is 42.9 Å². The van der Waals surface area contributed by atoms with Crippen LogP contribution in [0, 0.1) is 6.92 Å². The predicted molar refractivity (Wildman–Crippen MR) is 115 cm³/mol. The van der Waals surface area contributed by atoms with Crippen molar-refractivity contribution in [3.63, 3.8) is 0 Å². The number of amides is 2. The van der Waals surface area contributed by atoms with Crippen LogP contribution in [0.4, 0.5) is 24.5 Å². The minimum atomic E-state index is -4.47. The first kappa shape index (κ1) is 23.3. The molecule has 3 aromatic rings. The summed E-state index contributed by atoms with van der Waals surface area (Å²) in [5, 5.41) is 6.79. The number of nitrogens with zero attached hydrogens (tertiary/aromatic N) is 5. The summed E-state index contributed by atoms with van der Waals surface area (Å²) in [7, 11) is 0. The van der Waals surface area contributed by atoms with Crippen LogP contribution < -0.4 is 10.2 Å². The average Bonchev–Trinajstić information content (AvgIpc) is 3.18. The van der Waals surface area contributed by atoms with Crippen molar-refractivity contribution in [1.82, 2.24) is 19.7 Å². The van der Waals surface area contributed by atoms with E-state index in [1.807, 2.05) is 0 Å². The average molecular weight is 464 g/mol. The number of fused-ring (bicyclic) bond motifs is 1. The normalized spacial score (nSPS) is 15.7. The molecule has 1 aromatic carbocycles. The van der Waals surface area contributed by atoms with Gasteiger partial charge in [-0.1, -0.05) is 0 Å². The van der Waals surface area contributed by atoms with Crippen LogP contribution in [0.5, 0.6) is 0 Å².